The normalized spacial score (nSPS) is 11.7. The Hall–Kier alpha value is -2.63. The van der Waals surface area contributed by atoms with Crippen LogP contribution < -0.4 is 20.5 Å². The van der Waals surface area contributed by atoms with Crippen LogP contribution in [0.4, 0.5) is 21.9 Å². The number of aryl methyl sites for hydroxylation is 1. The summed E-state index contributed by atoms with van der Waals surface area (Å²) in [6, 6.07) is 9.50. The smallest absolute Gasteiger partial charge is 0.308 e. The van der Waals surface area contributed by atoms with E-state index in [-0.39, 0.29) is 4.90 Å². The fraction of sp³-hybridized carbons (Fsp3) is 0.133. The molecule has 0 bridgehead atoms. The molecule has 0 aromatic heterocycles. The topological polar surface area (TPSA) is 147 Å². The van der Waals surface area contributed by atoms with Gasteiger partial charge in [0.1, 0.15) is 0 Å². The van der Waals surface area contributed by atoms with E-state index in [9.17, 15) is 21.6 Å². The van der Waals surface area contributed by atoms with Gasteiger partial charge < -0.3 is 10.6 Å². The summed E-state index contributed by atoms with van der Waals surface area (Å²) in [7, 11) is -7.25. The van der Waals surface area contributed by atoms with Crippen molar-refractivity contribution in [1.82, 2.24) is 0 Å². The number of hydrogen-bond donors (Lipinski definition) is 4. The SMILES string of the molecule is Cc1ccc(NC(=O)Nc2ccc(S(N)(=O)=O)cc2)cc1NS(C)(=O)=O. The average Bonchev–Trinajstić information content (AvgIpc) is 2.49. The van der Waals surface area contributed by atoms with Gasteiger partial charge in [-0.15, -0.1) is 0 Å². The van der Waals surface area contributed by atoms with Crippen LogP contribution in [0.1, 0.15) is 5.56 Å². The zero-order valence-electron chi connectivity index (χ0n) is 14.0. The summed E-state index contributed by atoms with van der Waals surface area (Å²) in [5.41, 5.74) is 1.78. The fourth-order valence-corrected chi connectivity index (χ4v) is 3.17. The molecular formula is C15H18N4O5S2. The van der Waals surface area contributed by atoms with Crippen molar-refractivity contribution in [2.75, 3.05) is 21.6 Å². The third-order valence-electron chi connectivity index (χ3n) is 3.23. The molecule has 0 spiro atoms. The summed E-state index contributed by atoms with van der Waals surface area (Å²) in [6.45, 7) is 1.73. The Labute approximate surface area is 151 Å². The molecule has 0 atom stereocenters. The maximum absolute atomic E-state index is 12.0. The molecule has 0 fully saturated rings. The summed E-state index contributed by atoms with van der Waals surface area (Å²) in [5.74, 6) is 0. The molecule has 26 heavy (non-hydrogen) atoms. The minimum Gasteiger partial charge on any atom is -0.308 e. The maximum atomic E-state index is 12.0. The fourth-order valence-electron chi connectivity index (χ4n) is 2.03. The molecule has 0 radical (unpaired) electrons. The van der Waals surface area contributed by atoms with Crippen LogP contribution in [0.2, 0.25) is 0 Å². The van der Waals surface area contributed by atoms with Crippen molar-refractivity contribution in [3.63, 3.8) is 0 Å². The van der Waals surface area contributed by atoms with Crippen molar-refractivity contribution in [1.29, 1.82) is 0 Å². The first-order chi connectivity index (χ1) is 11.9. The predicted octanol–water partition coefficient (Wildman–Crippen LogP) is 1.66. The lowest BCUT2D eigenvalue weighted by Crippen LogP contribution is -2.20. The van der Waals surface area contributed by atoms with Crippen LogP contribution >= 0.6 is 0 Å². The number of sulfonamides is 2. The second-order valence-electron chi connectivity index (χ2n) is 5.55. The van der Waals surface area contributed by atoms with Crippen LogP contribution in [0, 0.1) is 6.92 Å². The highest BCUT2D eigenvalue weighted by Gasteiger charge is 2.10. The third kappa shape index (κ3) is 5.72. The molecule has 0 aliphatic carbocycles. The molecule has 140 valence electrons. The largest absolute Gasteiger partial charge is 0.323 e. The summed E-state index contributed by atoms with van der Waals surface area (Å²) in [6.07, 6.45) is 1.03. The van der Waals surface area contributed by atoms with Gasteiger partial charge in [0.15, 0.2) is 0 Å². The lowest BCUT2D eigenvalue weighted by Gasteiger charge is -2.12. The van der Waals surface area contributed by atoms with E-state index in [2.05, 4.69) is 15.4 Å². The number of nitrogens with two attached hydrogens (primary N) is 1. The lowest BCUT2D eigenvalue weighted by atomic mass is 10.2. The van der Waals surface area contributed by atoms with Crippen LogP contribution in [0.15, 0.2) is 47.4 Å². The highest BCUT2D eigenvalue weighted by atomic mass is 32.2. The number of carbonyl (C=O) groups excluding carboxylic acids is 1. The van der Waals surface area contributed by atoms with Crippen LogP contribution in [-0.4, -0.2) is 29.1 Å². The first-order valence-electron chi connectivity index (χ1n) is 7.23. The number of urea groups is 1. The molecule has 9 nitrogen and oxygen atoms in total. The molecule has 2 aromatic carbocycles. The van der Waals surface area contributed by atoms with Crippen molar-refractivity contribution >= 4 is 43.1 Å². The second kappa shape index (κ2) is 7.32. The minimum atomic E-state index is -3.80. The molecule has 0 unspecified atom stereocenters. The molecule has 0 saturated heterocycles. The van der Waals surface area contributed by atoms with E-state index >= 15 is 0 Å². The van der Waals surface area contributed by atoms with E-state index in [1.165, 1.54) is 30.3 Å². The average molecular weight is 398 g/mol. The van der Waals surface area contributed by atoms with E-state index in [4.69, 9.17) is 5.14 Å². The molecule has 5 N–H and O–H groups in total. The van der Waals surface area contributed by atoms with Gasteiger partial charge in [0.2, 0.25) is 20.0 Å². The molecule has 0 aliphatic heterocycles. The van der Waals surface area contributed by atoms with Gasteiger partial charge in [0.05, 0.1) is 16.8 Å². The first-order valence-corrected chi connectivity index (χ1v) is 10.7. The van der Waals surface area contributed by atoms with Crippen LogP contribution in [0.25, 0.3) is 0 Å². The Kier molecular flexibility index (Phi) is 5.54. The van der Waals surface area contributed by atoms with Crippen molar-refractivity contribution in [3.8, 4) is 0 Å². The molecule has 0 aliphatic rings. The lowest BCUT2D eigenvalue weighted by molar-refractivity contribution is 0.262. The van der Waals surface area contributed by atoms with Gasteiger partial charge in [-0.25, -0.2) is 26.8 Å². The number of carbonyl (C=O) groups is 1. The Morgan fingerprint density at radius 1 is 0.923 bits per heavy atom. The summed E-state index contributed by atoms with van der Waals surface area (Å²) >= 11 is 0. The zero-order valence-corrected chi connectivity index (χ0v) is 15.6. The van der Waals surface area contributed by atoms with Gasteiger partial charge in [-0.2, -0.15) is 0 Å². The van der Waals surface area contributed by atoms with E-state index in [1.807, 2.05) is 0 Å². The number of anilines is 3. The van der Waals surface area contributed by atoms with Gasteiger partial charge in [0, 0.05) is 11.4 Å². The van der Waals surface area contributed by atoms with Crippen molar-refractivity contribution < 1.29 is 21.6 Å². The van der Waals surface area contributed by atoms with Crippen LogP contribution in [0.3, 0.4) is 0 Å². The minimum absolute atomic E-state index is 0.0708. The van der Waals surface area contributed by atoms with Gasteiger partial charge in [-0.1, -0.05) is 6.07 Å². The maximum Gasteiger partial charge on any atom is 0.323 e. The van der Waals surface area contributed by atoms with Crippen LogP contribution in [0.5, 0.6) is 0 Å². The van der Waals surface area contributed by atoms with E-state index in [0.29, 0.717) is 22.6 Å². The predicted molar refractivity (Wildman–Crippen MR) is 100 cm³/mol. The molecular weight excluding hydrogens is 380 g/mol. The molecule has 2 aromatic rings. The van der Waals surface area contributed by atoms with Gasteiger partial charge in [-0.3, -0.25) is 4.72 Å². The number of rotatable bonds is 5. The van der Waals surface area contributed by atoms with Gasteiger partial charge >= 0.3 is 6.03 Å². The highest BCUT2D eigenvalue weighted by molar-refractivity contribution is 7.92. The number of amides is 2. The van der Waals surface area contributed by atoms with Crippen molar-refractivity contribution in [2.24, 2.45) is 5.14 Å². The highest BCUT2D eigenvalue weighted by Crippen LogP contribution is 2.21. The van der Waals surface area contributed by atoms with E-state index < -0.39 is 26.1 Å². The van der Waals surface area contributed by atoms with Crippen molar-refractivity contribution in [2.45, 2.75) is 11.8 Å². The molecule has 2 rings (SSSR count). The Balaban J connectivity index is 2.09. The standard InChI is InChI=1S/C15H18N4O5S2/c1-10-3-4-12(9-14(10)19-25(2,21)22)18-15(20)17-11-5-7-13(8-6-11)26(16,23)24/h3-9,19H,1-2H3,(H2,16,23,24)(H2,17,18,20). The first kappa shape index (κ1) is 19.7. The quantitative estimate of drug-likeness (QED) is 0.604. The number of primary sulfonamides is 1. The third-order valence-corrected chi connectivity index (χ3v) is 4.75. The van der Waals surface area contributed by atoms with Crippen molar-refractivity contribution in [3.05, 3.63) is 48.0 Å². The number of nitrogens with one attached hydrogen (secondary N) is 3. The Morgan fingerprint density at radius 2 is 1.46 bits per heavy atom. The van der Waals surface area contributed by atoms with Gasteiger partial charge in [-0.05, 0) is 48.9 Å². The Morgan fingerprint density at radius 3 is 2.00 bits per heavy atom. The van der Waals surface area contributed by atoms with E-state index in [0.717, 1.165) is 6.26 Å². The zero-order chi connectivity index (χ0) is 19.5. The van der Waals surface area contributed by atoms with E-state index in [1.54, 1.807) is 19.1 Å². The summed E-state index contributed by atoms with van der Waals surface area (Å²) in [5, 5.41) is 10.1. The molecule has 2 amide bonds. The van der Waals surface area contributed by atoms with Crippen LogP contribution in [-0.2, 0) is 20.0 Å². The summed E-state index contributed by atoms with van der Waals surface area (Å²) < 4.78 is 47.5. The monoisotopic (exact) mass is 398 g/mol. The molecule has 11 heteroatoms. The van der Waals surface area contributed by atoms with Gasteiger partial charge in [0.25, 0.3) is 0 Å². The molecule has 0 saturated carbocycles. The Bertz CT molecular complexity index is 1030. The molecule has 0 heterocycles. The second-order valence-corrected chi connectivity index (χ2v) is 8.86. The number of hydrogen-bond acceptors (Lipinski definition) is 5. The summed E-state index contributed by atoms with van der Waals surface area (Å²) in [4.78, 5) is 12.0. The number of benzene rings is 2.